The molecule has 3 rings (SSSR count). The van der Waals surface area contributed by atoms with Gasteiger partial charge in [-0.1, -0.05) is 48.0 Å². The predicted octanol–water partition coefficient (Wildman–Crippen LogP) is 4.92. The van der Waals surface area contributed by atoms with Crippen LogP contribution in [-0.2, 0) is 0 Å². The first-order valence-electron chi connectivity index (χ1n) is 8.61. The molecular formula is C20H21N5O2. The maximum atomic E-state index is 11.7. The van der Waals surface area contributed by atoms with Gasteiger partial charge >= 0.3 is 5.69 Å². The lowest BCUT2D eigenvalue weighted by Crippen LogP contribution is -2.12. The quantitative estimate of drug-likeness (QED) is 0.477. The van der Waals surface area contributed by atoms with Crippen LogP contribution in [0.3, 0.4) is 0 Å². The second-order valence-electron chi connectivity index (χ2n) is 6.40. The lowest BCUT2D eigenvalue weighted by molar-refractivity contribution is -0.383. The highest BCUT2D eigenvalue weighted by Gasteiger charge is 2.24. The minimum Gasteiger partial charge on any atom is -0.358 e. The smallest absolute Gasteiger partial charge is 0.353 e. The third kappa shape index (κ3) is 4.20. The van der Waals surface area contributed by atoms with Crippen LogP contribution in [0, 0.1) is 24.0 Å². The Hall–Kier alpha value is -3.48. The summed E-state index contributed by atoms with van der Waals surface area (Å²) >= 11 is 0. The second kappa shape index (κ2) is 7.82. The summed E-state index contributed by atoms with van der Waals surface area (Å²) in [5, 5.41) is 17.9. The Morgan fingerprint density at radius 2 is 1.74 bits per heavy atom. The lowest BCUT2D eigenvalue weighted by Gasteiger charge is -2.16. The van der Waals surface area contributed by atoms with E-state index in [2.05, 4.69) is 20.6 Å². The fourth-order valence-electron chi connectivity index (χ4n) is 2.86. The first kappa shape index (κ1) is 18.3. The maximum Gasteiger partial charge on any atom is 0.353 e. The molecule has 2 aromatic carbocycles. The Bertz CT molecular complexity index is 960. The summed E-state index contributed by atoms with van der Waals surface area (Å²) in [6, 6.07) is 15.4. The Morgan fingerprint density at radius 1 is 1.04 bits per heavy atom. The Labute approximate surface area is 157 Å². The van der Waals surface area contributed by atoms with Crippen molar-refractivity contribution in [2.75, 3.05) is 10.6 Å². The lowest BCUT2D eigenvalue weighted by atomic mass is 10.1. The van der Waals surface area contributed by atoms with E-state index in [-0.39, 0.29) is 23.4 Å². The number of aromatic nitrogens is 2. The Morgan fingerprint density at radius 3 is 2.41 bits per heavy atom. The summed E-state index contributed by atoms with van der Waals surface area (Å²) in [6.45, 7) is 5.87. The number of hydrogen-bond donors (Lipinski definition) is 2. The predicted molar refractivity (Wildman–Crippen MR) is 106 cm³/mol. The fourth-order valence-corrected chi connectivity index (χ4v) is 2.86. The van der Waals surface area contributed by atoms with Crippen LogP contribution in [0.2, 0.25) is 0 Å². The topological polar surface area (TPSA) is 93.0 Å². The van der Waals surface area contributed by atoms with E-state index < -0.39 is 4.92 Å². The Balaban J connectivity index is 1.94. The van der Waals surface area contributed by atoms with Gasteiger partial charge in [0, 0.05) is 5.69 Å². The molecule has 0 aliphatic carbocycles. The highest BCUT2D eigenvalue weighted by Crippen LogP contribution is 2.33. The van der Waals surface area contributed by atoms with Gasteiger partial charge in [-0.15, -0.1) is 0 Å². The van der Waals surface area contributed by atoms with Gasteiger partial charge in [0.2, 0.25) is 11.6 Å². The van der Waals surface area contributed by atoms with Crippen LogP contribution in [0.5, 0.6) is 0 Å². The summed E-state index contributed by atoms with van der Waals surface area (Å²) in [5.74, 6) is 0.336. The van der Waals surface area contributed by atoms with Gasteiger partial charge in [0.25, 0.3) is 0 Å². The second-order valence-corrected chi connectivity index (χ2v) is 6.40. The molecule has 0 aliphatic heterocycles. The normalized spacial score (nSPS) is 11.7. The minimum atomic E-state index is -0.466. The van der Waals surface area contributed by atoms with Crippen molar-refractivity contribution in [2.24, 2.45) is 0 Å². The zero-order valence-electron chi connectivity index (χ0n) is 15.4. The minimum absolute atomic E-state index is 0.145. The Kier molecular flexibility index (Phi) is 5.30. The van der Waals surface area contributed by atoms with Crippen LogP contribution in [0.1, 0.15) is 29.7 Å². The first-order valence-corrected chi connectivity index (χ1v) is 8.61. The van der Waals surface area contributed by atoms with Crippen LogP contribution < -0.4 is 10.6 Å². The summed E-state index contributed by atoms with van der Waals surface area (Å²) in [5.41, 5.74) is 3.70. The average Bonchev–Trinajstić information content (AvgIpc) is 2.64. The van der Waals surface area contributed by atoms with Crippen LogP contribution in [0.4, 0.5) is 23.0 Å². The van der Waals surface area contributed by atoms with E-state index >= 15 is 0 Å². The average molecular weight is 363 g/mol. The first-order chi connectivity index (χ1) is 13.0. The van der Waals surface area contributed by atoms with Crippen LogP contribution in [0.15, 0.2) is 54.9 Å². The third-order valence-electron chi connectivity index (χ3n) is 4.29. The van der Waals surface area contributed by atoms with Gasteiger partial charge in [-0.05, 0) is 38.0 Å². The van der Waals surface area contributed by atoms with Crippen molar-refractivity contribution >= 4 is 23.0 Å². The number of anilines is 3. The molecule has 0 saturated carbocycles. The largest absolute Gasteiger partial charge is 0.358 e. The van der Waals surface area contributed by atoms with Gasteiger partial charge in [-0.25, -0.2) is 9.97 Å². The van der Waals surface area contributed by atoms with Crippen molar-refractivity contribution < 1.29 is 4.92 Å². The van der Waals surface area contributed by atoms with Crippen LogP contribution in [0.25, 0.3) is 0 Å². The van der Waals surface area contributed by atoms with Gasteiger partial charge in [0.15, 0.2) is 0 Å². The number of nitrogens with one attached hydrogen (secondary N) is 2. The number of nitrogens with zero attached hydrogens (tertiary/aromatic N) is 3. The maximum absolute atomic E-state index is 11.7. The van der Waals surface area contributed by atoms with Crippen LogP contribution >= 0.6 is 0 Å². The SMILES string of the molecule is Cc1ccc(Nc2ncnc(NC(C)c3ccccc3)c2[N+](=O)[O-])c(C)c1. The molecule has 1 atom stereocenters. The van der Waals surface area contributed by atoms with E-state index in [1.807, 2.05) is 69.3 Å². The molecule has 1 unspecified atom stereocenters. The summed E-state index contributed by atoms with van der Waals surface area (Å²) in [4.78, 5) is 19.5. The zero-order valence-corrected chi connectivity index (χ0v) is 15.4. The van der Waals surface area contributed by atoms with Gasteiger partial charge in [0.1, 0.15) is 6.33 Å². The van der Waals surface area contributed by atoms with Gasteiger partial charge in [0.05, 0.1) is 11.0 Å². The van der Waals surface area contributed by atoms with E-state index in [0.29, 0.717) is 0 Å². The number of nitro groups is 1. The molecule has 0 radical (unpaired) electrons. The number of aryl methyl sites for hydroxylation is 2. The molecule has 3 aromatic rings. The molecule has 0 aliphatic rings. The van der Waals surface area contributed by atoms with Gasteiger partial charge in [-0.2, -0.15) is 0 Å². The summed E-state index contributed by atoms with van der Waals surface area (Å²) < 4.78 is 0. The number of benzene rings is 2. The standard InChI is InChI=1S/C20H21N5O2/c1-13-9-10-17(14(2)11-13)24-20-18(25(26)27)19(21-12-22-20)23-15(3)16-7-5-4-6-8-16/h4-12,15H,1-3H3,(H2,21,22,23,24). The van der Waals surface area contributed by atoms with Crippen LogP contribution in [-0.4, -0.2) is 14.9 Å². The van der Waals surface area contributed by atoms with E-state index in [1.54, 1.807) is 0 Å². The zero-order chi connectivity index (χ0) is 19.4. The van der Waals surface area contributed by atoms with Crippen molar-refractivity contribution in [1.29, 1.82) is 0 Å². The van der Waals surface area contributed by atoms with E-state index in [0.717, 1.165) is 22.4 Å². The fraction of sp³-hybridized carbons (Fsp3) is 0.200. The molecule has 7 heteroatoms. The summed E-state index contributed by atoms with van der Waals surface area (Å²) in [6.07, 6.45) is 1.32. The molecule has 1 heterocycles. The molecule has 0 spiro atoms. The number of rotatable bonds is 6. The molecule has 1 aromatic heterocycles. The van der Waals surface area contributed by atoms with Crippen molar-refractivity contribution in [1.82, 2.24) is 9.97 Å². The molecule has 0 bridgehead atoms. The highest BCUT2D eigenvalue weighted by atomic mass is 16.6. The number of hydrogen-bond acceptors (Lipinski definition) is 6. The third-order valence-corrected chi connectivity index (χ3v) is 4.29. The molecule has 0 saturated heterocycles. The molecule has 0 amide bonds. The van der Waals surface area contributed by atoms with Crippen molar-refractivity contribution in [3.63, 3.8) is 0 Å². The van der Waals surface area contributed by atoms with E-state index in [9.17, 15) is 10.1 Å². The summed E-state index contributed by atoms with van der Waals surface area (Å²) in [7, 11) is 0. The van der Waals surface area contributed by atoms with Crippen molar-refractivity contribution in [3.8, 4) is 0 Å². The monoisotopic (exact) mass is 363 g/mol. The molecule has 138 valence electrons. The molecule has 2 N–H and O–H groups in total. The molecule has 27 heavy (non-hydrogen) atoms. The van der Waals surface area contributed by atoms with Crippen molar-refractivity contribution in [3.05, 3.63) is 81.7 Å². The van der Waals surface area contributed by atoms with E-state index in [1.165, 1.54) is 6.33 Å². The molecule has 0 fully saturated rings. The van der Waals surface area contributed by atoms with E-state index in [4.69, 9.17) is 0 Å². The van der Waals surface area contributed by atoms with Crippen molar-refractivity contribution in [2.45, 2.75) is 26.8 Å². The molecule has 7 nitrogen and oxygen atoms in total. The van der Waals surface area contributed by atoms with Gasteiger partial charge in [-0.3, -0.25) is 10.1 Å². The molecular weight excluding hydrogens is 342 g/mol. The van der Waals surface area contributed by atoms with Gasteiger partial charge < -0.3 is 10.6 Å². The highest BCUT2D eigenvalue weighted by molar-refractivity contribution is 5.75.